The predicted molar refractivity (Wildman–Crippen MR) is 79.0 cm³/mol. The molecule has 0 bridgehead atoms. The first kappa shape index (κ1) is 14.1. The number of amides is 1. The molecule has 0 fully saturated rings. The van der Waals surface area contributed by atoms with Crippen LogP contribution in [0.25, 0.3) is 0 Å². The lowest BCUT2D eigenvalue weighted by molar-refractivity contribution is 0.0998. The van der Waals surface area contributed by atoms with Crippen molar-refractivity contribution < 1.29 is 9.53 Å². The van der Waals surface area contributed by atoms with E-state index in [0.29, 0.717) is 17.9 Å². The Labute approximate surface area is 118 Å². The second-order valence-electron chi connectivity index (χ2n) is 4.60. The Kier molecular flexibility index (Phi) is 4.38. The number of carbonyl (C=O) groups excluding carboxylic acids is 1. The van der Waals surface area contributed by atoms with Gasteiger partial charge in [0.1, 0.15) is 11.5 Å². The molecule has 4 nitrogen and oxygen atoms in total. The highest BCUT2D eigenvalue weighted by Crippen LogP contribution is 2.28. The molecule has 0 unspecified atom stereocenters. The Morgan fingerprint density at radius 1 is 1.20 bits per heavy atom. The molecule has 0 heterocycles. The van der Waals surface area contributed by atoms with Gasteiger partial charge in [-0.05, 0) is 37.7 Å². The van der Waals surface area contributed by atoms with Crippen LogP contribution >= 0.6 is 0 Å². The van der Waals surface area contributed by atoms with Crippen LogP contribution in [-0.4, -0.2) is 13.0 Å². The van der Waals surface area contributed by atoms with Crippen molar-refractivity contribution in [2.45, 2.75) is 13.5 Å². The van der Waals surface area contributed by atoms with E-state index >= 15 is 0 Å². The van der Waals surface area contributed by atoms with Crippen molar-refractivity contribution in [3.8, 4) is 11.5 Å². The Morgan fingerprint density at radius 3 is 2.65 bits per heavy atom. The Hall–Kier alpha value is -2.33. The molecular weight excluding hydrogens is 252 g/mol. The summed E-state index contributed by atoms with van der Waals surface area (Å²) in [5.74, 6) is 0.710. The lowest BCUT2D eigenvalue weighted by atomic mass is 10.1. The highest BCUT2D eigenvalue weighted by molar-refractivity contribution is 5.95. The van der Waals surface area contributed by atoms with E-state index in [4.69, 9.17) is 10.5 Å². The van der Waals surface area contributed by atoms with Gasteiger partial charge in [-0.15, -0.1) is 0 Å². The van der Waals surface area contributed by atoms with Crippen LogP contribution in [-0.2, 0) is 6.54 Å². The number of benzene rings is 2. The molecule has 0 aromatic heterocycles. The van der Waals surface area contributed by atoms with Gasteiger partial charge in [-0.1, -0.05) is 24.3 Å². The minimum Gasteiger partial charge on any atom is -0.456 e. The van der Waals surface area contributed by atoms with Crippen LogP contribution in [0.15, 0.2) is 42.5 Å². The average Bonchev–Trinajstić information content (AvgIpc) is 2.41. The maximum Gasteiger partial charge on any atom is 0.252 e. The summed E-state index contributed by atoms with van der Waals surface area (Å²) in [7, 11) is 1.87. The number of aryl methyl sites for hydroxylation is 1. The molecule has 0 aliphatic carbocycles. The van der Waals surface area contributed by atoms with Gasteiger partial charge in [0.2, 0.25) is 0 Å². The standard InChI is InChI=1S/C16H18N2O2/c1-11-7-8-13(16(17)19)15(9-11)20-14-6-4-3-5-12(14)10-18-2/h3-9,18H,10H2,1-2H3,(H2,17,19). The summed E-state index contributed by atoms with van der Waals surface area (Å²) in [6, 6.07) is 13.0. The van der Waals surface area contributed by atoms with Gasteiger partial charge in [0.15, 0.2) is 0 Å². The average molecular weight is 270 g/mol. The molecule has 2 aromatic carbocycles. The van der Waals surface area contributed by atoms with Crippen molar-refractivity contribution in [2.24, 2.45) is 5.73 Å². The van der Waals surface area contributed by atoms with Crippen molar-refractivity contribution >= 4 is 5.91 Å². The summed E-state index contributed by atoms with van der Waals surface area (Å²) in [6.07, 6.45) is 0. The lowest BCUT2D eigenvalue weighted by Crippen LogP contribution is -2.12. The molecule has 2 rings (SSSR count). The first-order chi connectivity index (χ1) is 9.61. The minimum atomic E-state index is -0.494. The van der Waals surface area contributed by atoms with Gasteiger partial charge in [0.05, 0.1) is 5.56 Å². The number of primary amides is 1. The van der Waals surface area contributed by atoms with Gasteiger partial charge in [-0.2, -0.15) is 0 Å². The number of hydrogen-bond donors (Lipinski definition) is 2. The third-order valence-corrected chi connectivity index (χ3v) is 2.96. The summed E-state index contributed by atoms with van der Waals surface area (Å²) in [6.45, 7) is 2.63. The van der Waals surface area contributed by atoms with E-state index < -0.39 is 5.91 Å². The molecule has 0 spiro atoms. The smallest absolute Gasteiger partial charge is 0.252 e. The molecule has 3 N–H and O–H groups in total. The molecule has 1 amide bonds. The normalized spacial score (nSPS) is 10.3. The highest BCUT2D eigenvalue weighted by Gasteiger charge is 2.12. The third-order valence-electron chi connectivity index (χ3n) is 2.96. The molecule has 104 valence electrons. The first-order valence-corrected chi connectivity index (χ1v) is 6.42. The van der Waals surface area contributed by atoms with E-state index in [1.54, 1.807) is 6.07 Å². The van der Waals surface area contributed by atoms with E-state index in [2.05, 4.69) is 5.32 Å². The topological polar surface area (TPSA) is 64.3 Å². The van der Waals surface area contributed by atoms with Crippen LogP contribution < -0.4 is 15.8 Å². The summed E-state index contributed by atoms with van der Waals surface area (Å²) < 4.78 is 5.89. The van der Waals surface area contributed by atoms with E-state index in [1.807, 2.05) is 50.4 Å². The third kappa shape index (κ3) is 3.16. The molecule has 0 saturated carbocycles. The van der Waals surface area contributed by atoms with Crippen LogP contribution in [0.1, 0.15) is 21.5 Å². The SMILES string of the molecule is CNCc1ccccc1Oc1cc(C)ccc1C(N)=O. The van der Waals surface area contributed by atoms with Crippen LogP contribution in [0.3, 0.4) is 0 Å². The summed E-state index contributed by atoms with van der Waals surface area (Å²) in [5, 5.41) is 3.09. The van der Waals surface area contributed by atoms with Gasteiger partial charge >= 0.3 is 0 Å². The number of nitrogens with one attached hydrogen (secondary N) is 1. The fourth-order valence-corrected chi connectivity index (χ4v) is 1.98. The number of rotatable bonds is 5. The number of carbonyl (C=O) groups is 1. The molecule has 4 heteroatoms. The second kappa shape index (κ2) is 6.21. The van der Waals surface area contributed by atoms with E-state index in [0.717, 1.165) is 16.9 Å². The van der Waals surface area contributed by atoms with Gasteiger partial charge in [-0.3, -0.25) is 4.79 Å². The maximum atomic E-state index is 11.5. The van der Waals surface area contributed by atoms with Gasteiger partial charge < -0.3 is 15.8 Å². The fourth-order valence-electron chi connectivity index (χ4n) is 1.98. The number of para-hydroxylation sites is 1. The first-order valence-electron chi connectivity index (χ1n) is 6.42. The zero-order chi connectivity index (χ0) is 14.5. The molecule has 2 aromatic rings. The molecule has 0 aliphatic heterocycles. The Balaban J connectivity index is 2.39. The molecule has 0 radical (unpaired) electrons. The van der Waals surface area contributed by atoms with E-state index in [-0.39, 0.29) is 0 Å². The quantitative estimate of drug-likeness (QED) is 0.877. The Morgan fingerprint density at radius 2 is 1.95 bits per heavy atom. The largest absolute Gasteiger partial charge is 0.456 e. The maximum absolute atomic E-state index is 11.5. The van der Waals surface area contributed by atoms with Crippen molar-refractivity contribution in [3.63, 3.8) is 0 Å². The molecule has 20 heavy (non-hydrogen) atoms. The van der Waals surface area contributed by atoms with Crippen LogP contribution in [0.2, 0.25) is 0 Å². The van der Waals surface area contributed by atoms with Crippen molar-refractivity contribution in [1.29, 1.82) is 0 Å². The highest BCUT2D eigenvalue weighted by atomic mass is 16.5. The van der Waals surface area contributed by atoms with Crippen molar-refractivity contribution in [1.82, 2.24) is 5.32 Å². The fraction of sp³-hybridized carbons (Fsp3) is 0.188. The summed E-state index contributed by atoms with van der Waals surface area (Å²) in [4.78, 5) is 11.5. The van der Waals surface area contributed by atoms with Crippen LogP contribution in [0, 0.1) is 6.92 Å². The zero-order valence-corrected chi connectivity index (χ0v) is 11.6. The number of ether oxygens (including phenoxy) is 1. The molecule has 0 aliphatic rings. The zero-order valence-electron chi connectivity index (χ0n) is 11.6. The van der Waals surface area contributed by atoms with E-state index in [1.165, 1.54) is 0 Å². The minimum absolute atomic E-state index is 0.384. The molecular formula is C16H18N2O2. The van der Waals surface area contributed by atoms with Gasteiger partial charge in [0.25, 0.3) is 5.91 Å². The van der Waals surface area contributed by atoms with E-state index in [9.17, 15) is 4.79 Å². The Bertz CT molecular complexity index is 624. The van der Waals surface area contributed by atoms with Crippen LogP contribution in [0.5, 0.6) is 11.5 Å². The predicted octanol–water partition coefficient (Wildman–Crippen LogP) is 2.61. The van der Waals surface area contributed by atoms with Crippen molar-refractivity contribution in [2.75, 3.05) is 7.05 Å². The summed E-state index contributed by atoms with van der Waals surface area (Å²) in [5.41, 5.74) is 7.80. The second-order valence-corrected chi connectivity index (χ2v) is 4.60. The van der Waals surface area contributed by atoms with Crippen molar-refractivity contribution in [3.05, 3.63) is 59.2 Å². The van der Waals surface area contributed by atoms with Gasteiger partial charge in [-0.25, -0.2) is 0 Å². The lowest BCUT2D eigenvalue weighted by Gasteiger charge is -2.13. The number of nitrogens with two attached hydrogens (primary N) is 1. The monoisotopic (exact) mass is 270 g/mol. The number of hydrogen-bond acceptors (Lipinski definition) is 3. The summed E-state index contributed by atoms with van der Waals surface area (Å²) >= 11 is 0. The van der Waals surface area contributed by atoms with Crippen LogP contribution in [0.4, 0.5) is 0 Å². The molecule has 0 saturated heterocycles. The van der Waals surface area contributed by atoms with Gasteiger partial charge in [0, 0.05) is 12.1 Å². The molecule has 0 atom stereocenters.